The van der Waals surface area contributed by atoms with Gasteiger partial charge >= 0.3 is 0 Å². The van der Waals surface area contributed by atoms with Gasteiger partial charge < -0.3 is 20.0 Å². The van der Waals surface area contributed by atoms with E-state index in [4.69, 9.17) is 16.6 Å². The SMILES string of the molecule is O=C(NCCN1CCCC1)c1c(=O)c2ccc(N3CCN(c4ncccn4)CC3)nc2n2c1sc1cc(Cl)ccc12. The number of carbonyl (C=O) groups excluding carboxylic acids is 1. The van der Waals surface area contributed by atoms with Crippen LogP contribution in [0.25, 0.3) is 26.1 Å². The number of thiazole rings is 1. The van der Waals surface area contributed by atoms with Crippen LogP contribution in [0.4, 0.5) is 11.8 Å². The zero-order chi connectivity index (χ0) is 27.9. The third kappa shape index (κ3) is 4.87. The van der Waals surface area contributed by atoms with Gasteiger partial charge in [0.15, 0.2) is 5.65 Å². The van der Waals surface area contributed by atoms with E-state index in [-0.39, 0.29) is 16.9 Å². The fourth-order valence-corrected chi connectivity index (χ4v) is 7.25. The lowest BCUT2D eigenvalue weighted by Crippen LogP contribution is -2.47. The van der Waals surface area contributed by atoms with Gasteiger partial charge in [0.1, 0.15) is 16.2 Å². The molecule has 6 heterocycles. The minimum absolute atomic E-state index is 0.155. The molecule has 2 aliphatic rings. The number of pyridine rings is 2. The molecule has 2 aliphatic heterocycles. The quantitative estimate of drug-likeness (QED) is 0.321. The molecule has 5 aromatic rings. The van der Waals surface area contributed by atoms with Crippen LogP contribution in [0.1, 0.15) is 23.2 Å². The van der Waals surface area contributed by atoms with Crippen LogP contribution in [0.15, 0.2) is 53.6 Å². The second kappa shape index (κ2) is 10.9. The van der Waals surface area contributed by atoms with Gasteiger partial charge in [0.25, 0.3) is 5.91 Å². The fourth-order valence-electron chi connectivity index (χ4n) is 5.79. The van der Waals surface area contributed by atoms with Gasteiger partial charge in [0.2, 0.25) is 11.4 Å². The highest BCUT2D eigenvalue weighted by atomic mass is 35.5. The molecule has 4 aromatic heterocycles. The predicted octanol–water partition coefficient (Wildman–Crippen LogP) is 3.66. The van der Waals surface area contributed by atoms with Gasteiger partial charge in [0.05, 0.1) is 15.6 Å². The fraction of sp³-hybridized carbons (Fsp3) is 0.345. The van der Waals surface area contributed by atoms with Gasteiger partial charge in [-0.1, -0.05) is 11.6 Å². The molecule has 1 N–H and O–H groups in total. The summed E-state index contributed by atoms with van der Waals surface area (Å²) in [7, 11) is 0. The second-order valence-electron chi connectivity index (χ2n) is 10.4. The maximum Gasteiger partial charge on any atom is 0.258 e. The summed E-state index contributed by atoms with van der Waals surface area (Å²) in [6.07, 6.45) is 5.89. The number of nitrogens with one attached hydrogen (secondary N) is 1. The van der Waals surface area contributed by atoms with Gasteiger partial charge in [-0.15, -0.1) is 11.3 Å². The van der Waals surface area contributed by atoms with Crippen LogP contribution >= 0.6 is 22.9 Å². The molecular weight excluding hydrogens is 560 g/mol. The number of likely N-dealkylation sites (tertiary alicyclic amines) is 1. The Labute approximate surface area is 245 Å². The van der Waals surface area contributed by atoms with Gasteiger partial charge in [-0.25, -0.2) is 15.0 Å². The molecular formula is C29H29ClN8O2S. The van der Waals surface area contributed by atoms with E-state index in [9.17, 15) is 9.59 Å². The van der Waals surface area contributed by atoms with Crippen LogP contribution in [0.2, 0.25) is 5.02 Å². The Hall–Kier alpha value is -3.80. The van der Waals surface area contributed by atoms with E-state index >= 15 is 0 Å². The maximum absolute atomic E-state index is 13.9. The van der Waals surface area contributed by atoms with Gasteiger partial charge in [-0.2, -0.15) is 0 Å². The molecule has 0 bridgehead atoms. The lowest BCUT2D eigenvalue weighted by molar-refractivity contribution is 0.0950. The Morgan fingerprint density at radius 3 is 2.51 bits per heavy atom. The number of amides is 1. The van der Waals surface area contributed by atoms with Crippen molar-refractivity contribution < 1.29 is 4.79 Å². The van der Waals surface area contributed by atoms with Crippen LogP contribution in [0.3, 0.4) is 0 Å². The standard InChI is InChI=1S/C29H29ClN8O2S/c30-19-4-6-21-22(18-19)41-28-24(27(40)31-10-13-35-11-1-2-12-35)25(39)20-5-7-23(34-26(20)38(21)28)36-14-16-37(17-15-36)29-32-8-3-9-33-29/h3-9,18H,1-2,10-17H2,(H,31,40). The number of benzene rings is 1. The van der Waals surface area contributed by atoms with E-state index in [1.54, 1.807) is 18.5 Å². The van der Waals surface area contributed by atoms with Crippen molar-refractivity contribution >= 4 is 66.7 Å². The number of hydrogen-bond acceptors (Lipinski definition) is 9. The topological polar surface area (TPSA) is 99.0 Å². The van der Waals surface area contributed by atoms with Crippen LogP contribution in [0.5, 0.6) is 0 Å². The number of hydrogen-bond donors (Lipinski definition) is 1. The van der Waals surface area contributed by atoms with Crippen molar-refractivity contribution in [2.45, 2.75) is 12.8 Å². The predicted molar refractivity (Wildman–Crippen MR) is 164 cm³/mol. The van der Waals surface area contributed by atoms with Crippen molar-refractivity contribution in [3.05, 3.63) is 69.6 Å². The summed E-state index contributed by atoms with van der Waals surface area (Å²) in [4.78, 5) is 48.4. The summed E-state index contributed by atoms with van der Waals surface area (Å²) in [5.41, 5.74) is 1.25. The van der Waals surface area contributed by atoms with Crippen molar-refractivity contribution in [1.82, 2.24) is 29.6 Å². The Kier molecular flexibility index (Phi) is 6.93. The minimum atomic E-state index is -0.352. The summed E-state index contributed by atoms with van der Waals surface area (Å²) < 4.78 is 2.83. The number of fused-ring (bicyclic) bond motifs is 5. The molecule has 0 atom stereocenters. The van der Waals surface area contributed by atoms with Crippen molar-refractivity contribution in [3.8, 4) is 0 Å². The highest BCUT2D eigenvalue weighted by Gasteiger charge is 2.25. The average Bonchev–Trinajstić information content (AvgIpc) is 3.65. The lowest BCUT2D eigenvalue weighted by atomic mass is 10.1. The van der Waals surface area contributed by atoms with Crippen molar-refractivity contribution in [2.75, 3.05) is 62.2 Å². The van der Waals surface area contributed by atoms with E-state index in [0.717, 1.165) is 67.8 Å². The van der Waals surface area contributed by atoms with E-state index in [0.29, 0.717) is 27.4 Å². The molecule has 0 radical (unpaired) electrons. The summed E-state index contributed by atoms with van der Waals surface area (Å²) in [5.74, 6) is 1.16. The van der Waals surface area contributed by atoms with Crippen molar-refractivity contribution in [2.24, 2.45) is 0 Å². The summed E-state index contributed by atoms with van der Waals surface area (Å²) in [6, 6.07) is 11.1. The van der Waals surface area contributed by atoms with Crippen LogP contribution in [-0.2, 0) is 0 Å². The Morgan fingerprint density at radius 1 is 0.976 bits per heavy atom. The third-order valence-electron chi connectivity index (χ3n) is 7.91. The number of nitrogens with zero attached hydrogens (tertiary/aromatic N) is 7. The monoisotopic (exact) mass is 588 g/mol. The molecule has 12 heteroatoms. The highest BCUT2D eigenvalue weighted by Crippen LogP contribution is 2.33. The van der Waals surface area contributed by atoms with Gasteiger partial charge in [-0.05, 0) is 62.3 Å². The Balaban J connectivity index is 1.26. The van der Waals surface area contributed by atoms with Gasteiger partial charge in [-0.3, -0.25) is 14.0 Å². The number of rotatable bonds is 6. The third-order valence-corrected chi connectivity index (χ3v) is 9.27. The first-order chi connectivity index (χ1) is 20.1. The van der Waals surface area contributed by atoms with Gasteiger partial charge in [0, 0.05) is 56.7 Å². The summed E-state index contributed by atoms with van der Waals surface area (Å²) in [5, 5.41) is 4.02. The minimum Gasteiger partial charge on any atom is -0.353 e. The molecule has 210 valence electrons. The first-order valence-electron chi connectivity index (χ1n) is 13.9. The molecule has 2 saturated heterocycles. The number of piperazine rings is 1. The number of anilines is 2. The number of halogens is 1. The normalized spacial score (nSPS) is 16.3. The molecule has 41 heavy (non-hydrogen) atoms. The zero-order valence-electron chi connectivity index (χ0n) is 22.4. The van der Waals surface area contributed by atoms with Crippen LogP contribution in [0, 0.1) is 0 Å². The van der Waals surface area contributed by atoms with E-state index in [1.165, 1.54) is 24.2 Å². The molecule has 0 unspecified atom stereocenters. The molecule has 2 fully saturated rings. The van der Waals surface area contributed by atoms with Crippen molar-refractivity contribution in [3.63, 3.8) is 0 Å². The Bertz CT molecular complexity index is 1810. The molecule has 7 rings (SSSR count). The number of carbonyl (C=O) groups is 1. The molecule has 0 saturated carbocycles. The molecule has 10 nitrogen and oxygen atoms in total. The molecule has 1 amide bonds. The molecule has 0 aliphatic carbocycles. The largest absolute Gasteiger partial charge is 0.353 e. The number of aromatic nitrogens is 4. The maximum atomic E-state index is 13.9. The van der Waals surface area contributed by atoms with Crippen LogP contribution < -0.4 is 20.5 Å². The molecule has 0 spiro atoms. The van der Waals surface area contributed by atoms with E-state index in [2.05, 4.69) is 30.0 Å². The summed E-state index contributed by atoms with van der Waals surface area (Å²) in [6.45, 7) is 6.39. The second-order valence-corrected chi connectivity index (χ2v) is 11.9. The zero-order valence-corrected chi connectivity index (χ0v) is 24.0. The first kappa shape index (κ1) is 26.1. The first-order valence-corrected chi connectivity index (χ1v) is 15.1. The van der Waals surface area contributed by atoms with Crippen LogP contribution in [-0.4, -0.2) is 82.5 Å². The summed E-state index contributed by atoms with van der Waals surface area (Å²) >= 11 is 7.72. The van der Waals surface area contributed by atoms with E-state index < -0.39 is 0 Å². The molecule has 1 aromatic carbocycles. The Morgan fingerprint density at radius 2 is 1.73 bits per heavy atom. The van der Waals surface area contributed by atoms with E-state index in [1.807, 2.05) is 34.7 Å². The lowest BCUT2D eigenvalue weighted by Gasteiger charge is -2.35. The smallest absolute Gasteiger partial charge is 0.258 e. The van der Waals surface area contributed by atoms with Crippen molar-refractivity contribution in [1.29, 1.82) is 0 Å². The average molecular weight is 589 g/mol. The highest BCUT2D eigenvalue weighted by molar-refractivity contribution is 7.24.